The molecule has 1 atom stereocenters. The van der Waals surface area contributed by atoms with E-state index in [0.717, 1.165) is 10.8 Å². The molecule has 0 spiro atoms. The average Bonchev–Trinajstić information content (AvgIpc) is 3.11. The first-order chi connectivity index (χ1) is 15.3. The minimum atomic E-state index is -3.91. The quantitative estimate of drug-likeness (QED) is 0.555. The number of nitrogens with zero attached hydrogens (tertiary/aromatic N) is 2. The van der Waals surface area contributed by atoms with E-state index in [-0.39, 0.29) is 23.0 Å². The molecule has 3 aromatic rings. The molecular formula is C22H22N4O5S. The van der Waals surface area contributed by atoms with Gasteiger partial charge in [-0.05, 0) is 59.2 Å². The Kier molecular flexibility index (Phi) is 5.81. The number of hydrogen-bond donors (Lipinski definition) is 2. The molecule has 0 unspecified atom stereocenters. The fraction of sp³-hybridized carbons (Fsp3) is 0.227. The van der Waals surface area contributed by atoms with Gasteiger partial charge >= 0.3 is 0 Å². The minimum absolute atomic E-state index is 0.0738. The van der Waals surface area contributed by atoms with E-state index in [1.807, 2.05) is 6.07 Å². The molecule has 32 heavy (non-hydrogen) atoms. The van der Waals surface area contributed by atoms with Crippen LogP contribution in [0, 0.1) is 0 Å². The van der Waals surface area contributed by atoms with E-state index < -0.39 is 22.0 Å². The first kappa shape index (κ1) is 21.7. The van der Waals surface area contributed by atoms with E-state index in [4.69, 9.17) is 10.5 Å². The predicted molar refractivity (Wildman–Crippen MR) is 117 cm³/mol. The highest BCUT2D eigenvalue weighted by Crippen LogP contribution is 2.25. The van der Waals surface area contributed by atoms with Crippen molar-refractivity contribution in [1.82, 2.24) is 14.6 Å². The van der Waals surface area contributed by atoms with Gasteiger partial charge in [0.25, 0.3) is 5.91 Å². The number of rotatable bonds is 7. The molecule has 10 heteroatoms. The monoisotopic (exact) mass is 454 g/mol. The van der Waals surface area contributed by atoms with Gasteiger partial charge in [-0.2, -0.15) is 4.72 Å². The average molecular weight is 455 g/mol. The maximum absolute atomic E-state index is 12.9. The number of ether oxygens (including phenoxy) is 1. The van der Waals surface area contributed by atoms with Gasteiger partial charge in [-0.3, -0.25) is 14.6 Å². The molecule has 2 amide bonds. The van der Waals surface area contributed by atoms with Gasteiger partial charge in [0, 0.05) is 19.3 Å². The van der Waals surface area contributed by atoms with Crippen LogP contribution < -0.4 is 15.2 Å². The zero-order valence-corrected chi connectivity index (χ0v) is 18.1. The van der Waals surface area contributed by atoms with Crippen LogP contribution in [0.5, 0.6) is 5.75 Å². The molecule has 2 heterocycles. The normalized spacial score (nSPS) is 16.5. The van der Waals surface area contributed by atoms with Crippen LogP contribution in [0.25, 0.3) is 10.8 Å². The third kappa shape index (κ3) is 4.41. The Morgan fingerprint density at radius 3 is 2.72 bits per heavy atom. The summed E-state index contributed by atoms with van der Waals surface area (Å²) in [5.74, 6) is -0.357. The van der Waals surface area contributed by atoms with Crippen molar-refractivity contribution in [2.24, 2.45) is 5.73 Å². The van der Waals surface area contributed by atoms with Crippen molar-refractivity contribution >= 4 is 32.6 Å². The number of carbonyl (C=O) groups excluding carboxylic acids is 2. The van der Waals surface area contributed by atoms with E-state index in [1.54, 1.807) is 42.3 Å². The molecule has 166 valence electrons. The molecule has 1 saturated heterocycles. The van der Waals surface area contributed by atoms with Gasteiger partial charge in [0.2, 0.25) is 15.9 Å². The minimum Gasteiger partial charge on any atom is -0.497 e. The van der Waals surface area contributed by atoms with Crippen LogP contribution in [0.1, 0.15) is 22.5 Å². The Morgan fingerprint density at radius 1 is 1.19 bits per heavy atom. The number of nitrogens with one attached hydrogen (secondary N) is 1. The molecule has 0 aliphatic carbocycles. The summed E-state index contributed by atoms with van der Waals surface area (Å²) < 4.78 is 33.6. The predicted octanol–water partition coefficient (Wildman–Crippen LogP) is 1.42. The van der Waals surface area contributed by atoms with Crippen LogP contribution in [-0.4, -0.2) is 49.8 Å². The van der Waals surface area contributed by atoms with Gasteiger partial charge in [0.05, 0.1) is 12.0 Å². The molecule has 1 fully saturated rings. The molecule has 0 bridgehead atoms. The number of amides is 2. The SMILES string of the molecule is COc1ccc2ccc(S(=O)(=O)N[C@H]3CCN(Cc4ccnc(C(N)=O)c4)C3=O)cc2c1. The van der Waals surface area contributed by atoms with E-state index in [0.29, 0.717) is 24.3 Å². The van der Waals surface area contributed by atoms with Crippen LogP contribution in [0.4, 0.5) is 0 Å². The zero-order chi connectivity index (χ0) is 22.9. The number of benzene rings is 2. The maximum Gasteiger partial charge on any atom is 0.267 e. The van der Waals surface area contributed by atoms with Crippen molar-refractivity contribution in [3.05, 3.63) is 66.0 Å². The molecule has 4 rings (SSSR count). The van der Waals surface area contributed by atoms with Crippen molar-refractivity contribution in [3.8, 4) is 5.75 Å². The summed E-state index contributed by atoms with van der Waals surface area (Å²) >= 11 is 0. The standard InChI is InChI=1S/C22H22N4O5S/c1-31-17-4-2-15-3-5-18(12-16(15)11-17)32(29,30)25-19-7-9-26(22(19)28)13-14-6-8-24-20(10-14)21(23)27/h2-6,8,10-12,19,25H,7,9,13H2,1H3,(H2,23,27)/t19-/m0/s1. The number of fused-ring (bicyclic) bond motifs is 1. The summed E-state index contributed by atoms with van der Waals surface area (Å²) in [5, 5.41) is 1.59. The number of sulfonamides is 1. The number of likely N-dealkylation sites (tertiary alicyclic amines) is 1. The van der Waals surface area contributed by atoms with Gasteiger partial charge in [-0.15, -0.1) is 0 Å². The number of hydrogen-bond acceptors (Lipinski definition) is 6. The lowest BCUT2D eigenvalue weighted by Gasteiger charge is -2.17. The van der Waals surface area contributed by atoms with Gasteiger partial charge < -0.3 is 15.4 Å². The molecule has 1 aromatic heterocycles. The van der Waals surface area contributed by atoms with E-state index in [2.05, 4.69) is 9.71 Å². The van der Waals surface area contributed by atoms with Crippen molar-refractivity contribution < 1.29 is 22.7 Å². The molecule has 3 N–H and O–H groups in total. The zero-order valence-electron chi connectivity index (χ0n) is 17.3. The molecule has 9 nitrogen and oxygen atoms in total. The summed E-state index contributed by atoms with van der Waals surface area (Å²) in [6, 6.07) is 12.5. The van der Waals surface area contributed by atoms with Gasteiger partial charge in [0.15, 0.2) is 0 Å². The van der Waals surface area contributed by atoms with Crippen LogP contribution in [0.2, 0.25) is 0 Å². The molecule has 2 aromatic carbocycles. The van der Waals surface area contributed by atoms with Crippen molar-refractivity contribution in [2.75, 3.05) is 13.7 Å². The van der Waals surface area contributed by atoms with Crippen molar-refractivity contribution in [2.45, 2.75) is 23.9 Å². The van der Waals surface area contributed by atoms with Crippen molar-refractivity contribution in [1.29, 1.82) is 0 Å². The first-order valence-corrected chi connectivity index (χ1v) is 11.4. The second-order valence-electron chi connectivity index (χ2n) is 7.51. The number of methoxy groups -OCH3 is 1. The van der Waals surface area contributed by atoms with E-state index in [9.17, 15) is 18.0 Å². The van der Waals surface area contributed by atoms with Crippen molar-refractivity contribution in [3.63, 3.8) is 0 Å². The Hall–Kier alpha value is -3.50. The molecule has 1 aliphatic heterocycles. The summed E-state index contributed by atoms with van der Waals surface area (Å²) in [6.45, 7) is 0.616. The second-order valence-corrected chi connectivity index (χ2v) is 9.22. The summed E-state index contributed by atoms with van der Waals surface area (Å²) in [5.41, 5.74) is 6.05. The smallest absolute Gasteiger partial charge is 0.267 e. The molecule has 1 aliphatic rings. The summed E-state index contributed by atoms with van der Waals surface area (Å²) in [6.07, 6.45) is 1.79. The highest BCUT2D eigenvalue weighted by Gasteiger charge is 2.35. The van der Waals surface area contributed by atoms with E-state index in [1.165, 1.54) is 18.3 Å². The number of nitrogens with two attached hydrogens (primary N) is 1. The van der Waals surface area contributed by atoms with Crippen LogP contribution >= 0.6 is 0 Å². The largest absolute Gasteiger partial charge is 0.497 e. The molecular weight excluding hydrogens is 432 g/mol. The Labute approximate surface area is 185 Å². The molecule has 0 saturated carbocycles. The van der Waals surface area contributed by atoms with Gasteiger partial charge in [-0.25, -0.2) is 8.42 Å². The topological polar surface area (TPSA) is 132 Å². The number of aromatic nitrogens is 1. The Balaban J connectivity index is 1.49. The fourth-order valence-corrected chi connectivity index (χ4v) is 4.94. The van der Waals surface area contributed by atoms with Crippen LogP contribution in [0.3, 0.4) is 0 Å². The lowest BCUT2D eigenvalue weighted by molar-refractivity contribution is -0.129. The maximum atomic E-state index is 12.9. The highest BCUT2D eigenvalue weighted by atomic mass is 32.2. The Bertz CT molecular complexity index is 1310. The van der Waals surface area contributed by atoms with E-state index >= 15 is 0 Å². The van der Waals surface area contributed by atoms with Gasteiger partial charge in [-0.1, -0.05) is 12.1 Å². The number of carbonyl (C=O) groups is 2. The van der Waals surface area contributed by atoms with Gasteiger partial charge in [0.1, 0.15) is 17.5 Å². The third-order valence-electron chi connectivity index (χ3n) is 5.37. The second kappa shape index (κ2) is 8.56. The summed E-state index contributed by atoms with van der Waals surface area (Å²) in [7, 11) is -2.37. The highest BCUT2D eigenvalue weighted by molar-refractivity contribution is 7.89. The number of primary amides is 1. The lowest BCUT2D eigenvalue weighted by atomic mass is 10.1. The fourth-order valence-electron chi connectivity index (χ4n) is 3.69. The lowest BCUT2D eigenvalue weighted by Crippen LogP contribution is -2.41. The summed E-state index contributed by atoms with van der Waals surface area (Å²) in [4.78, 5) is 29.6. The molecule has 0 radical (unpaired) electrons. The van der Waals surface area contributed by atoms with Crippen LogP contribution in [0.15, 0.2) is 59.6 Å². The number of pyridine rings is 1. The Morgan fingerprint density at radius 2 is 1.97 bits per heavy atom. The third-order valence-corrected chi connectivity index (χ3v) is 6.84. The first-order valence-electron chi connectivity index (χ1n) is 9.90. The van der Waals surface area contributed by atoms with Crippen LogP contribution in [-0.2, 0) is 21.4 Å².